The minimum absolute atomic E-state index is 0.0604. The van der Waals surface area contributed by atoms with Crippen molar-refractivity contribution >= 4 is 5.91 Å². The Morgan fingerprint density at radius 1 is 1.00 bits per heavy atom. The van der Waals surface area contributed by atoms with Crippen molar-refractivity contribution < 1.29 is 4.79 Å². The number of hydrogen-bond donors (Lipinski definition) is 1. The van der Waals surface area contributed by atoms with Gasteiger partial charge in [0, 0.05) is 37.7 Å². The van der Waals surface area contributed by atoms with Crippen molar-refractivity contribution in [2.75, 3.05) is 19.6 Å². The average molecular weight is 318 g/mol. The van der Waals surface area contributed by atoms with E-state index in [1.807, 2.05) is 30.4 Å². The summed E-state index contributed by atoms with van der Waals surface area (Å²) in [7, 11) is 0. The van der Waals surface area contributed by atoms with Gasteiger partial charge in [-0.05, 0) is 23.1 Å². The first-order chi connectivity index (χ1) is 11.8. The molecule has 1 aliphatic carbocycles. The van der Waals surface area contributed by atoms with Gasteiger partial charge in [0.1, 0.15) is 0 Å². The summed E-state index contributed by atoms with van der Waals surface area (Å²) in [5.74, 6) is 0.951. The van der Waals surface area contributed by atoms with Crippen molar-refractivity contribution in [3.05, 3.63) is 83.5 Å². The van der Waals surface area contributed by atoms with Crippen LogP contribution in [0.5, 0.6) is 0 Å². The predicted octanol–water partition coefficient (Wildman–Crippen LogP) is 2.84. The maximum absolute atomic E-state index is 12.4. The molecule has 24 heavy (non-hydrogen) atoms. The van der Waals surface area contributed by atoms with Crippen LogP contribution in [0.4, 0.5) is 0 Å². The van der Waals surface area contributed by atoms with Gasteiger partial charge in [-0.2, -0.15) is 0 Å². The molecule has 1 N–H and O–H groups in total. The Morgan fingerprint density at radius 3 is 2.62 bits per heavy atom. The lowest BCUT2D eigenvalue weighted by atomic mass is 9.85. The van der Waals surface area contributed by atoms with Gasteiger partial charge in [-0.25, -0.2) is 0 Å². The minimum Gasteiger partial charge on any atom is -0.352 e. The molecule has 2 aliphatic heterocycles. The van der Waals surface area contributed by atoms with E-state index in [0.29, 0.717) is 11.8 Å². The third-order valence-electron chi connectivity index (χ3n) is 5.12. The van der Waals surface area contributed by atoms with Gasteiger partial charge in [0.15, 0.2) is 0 Å². The molecular formula is C21H22N2O. The first-order valence-corrected chi connectivity index (χ1v) is 8.61. The maximum atomic E-state index is 12.4. The molecule has 4 rings (SSSR count). The number of carbonyl (C=O) groups is 1. The summed E-state index contributed by atoms with van der Waals surface area (Å²) in [4.78, 5) is 14.9. The number of hydrogen-bond acceptors (Lipinski definition) is 2. The Morgan fingerprint density at radius 2 is 1.79 bits per heavy atom. The zero-order chi connectivity index (χ0) is 16.4. The first-order valence-electron chi connectivity index (χ1n) is 8.61. The number of amides is 1. The Labute approximate surface area is 143 Å². The lowest BCUT2D eigenvalue weighted by Crippen LogP contribution is -2.30. The second kappa shape index (κ2) is 6.62. The van der Waals surface area contributed by atoms with Crippen molar-refractivity contribution in [3.63, 3.8) is 0 Å². The predicted molar refractivity (Wildman–Crippen MR) is 96.2 cm³/mol. The minimum atomic E-state index is 0.0604. The molecule has 3 nitrogen and oxygen atoms in total. The third kappa shape index (κ3) is 3.00. The largest absolute Gasteiger partial charge is 0.352 e. The van der Waals surface area contributed by atoms with Crippen molar-refractivity contribution in [3.8, 4) is 0 Å². The Bertz CT molecular complexity index is 742. The molecule has 1 aromatic rings. The van der Waals surface area contributed by atoms with Crippen LogP contribution in [0, 0.1) is 11.8 Å². The number of likely N-dealkylation sites (tertiary alicyclic amines) is 1. The highest BCUT2D eigenvalue weighted by Crippen LogP contribution is 2.36. The quantitative estimate of drug-likeness (QED) is 0.909. The van der Waals surface area contributed by atoms with Crippen LogP contribution in [0.25, 0.3) is 0 Å². The fourth-order valence-electron chi connectivity index (χ4n) is 3.96. The fourth-order valence-corrected chi connectivity index (χ4v) is 3.96. The standard InChI is InChI=1S/C21H22N2O/c24-21-19-11-7-2-1-6-10-18(19)20-15-23(14-17(20)12-22-21)13-16-8-4-3-5-9-16/h1-11,17,20H,12-15H2,(H,22,24)/b2-1?,6-1-,7-2-,10-6?,11-7?,18-10+,19-11+. The zero-order valence-corrected chi connectivity index (χ0v) is 13.7. The summed E-state index contributed by atoms with van der Waals surface area (Å²) in [5, 5.41) is 3.12. The zero-order valence-electron chi connectivity index (χ0n) is 13.7. The summed E-state index contributed by atoms with van der Waals surface area (Å²) >= 11 is 0. The van der Waals surface area contributed by atoms with Crippen LogP contribution < -0.4 is 5.32 Å². The summed E-state index contributed by atoms with van der Waals surface area (Å²) < 4.78 is 0. The smallest absolute Gasteiger partial charge is 0.251 e. The van der Waals surface area contributed by atoms with Crippen LogP contribution in [0.3, 0.4) is 0 Å². The number of rotatable bonds is 2. The SMILES string of the molecule is O=C1NCC2CN(Cc3ccccc3)CC2/C2=C/C=C\C=C/C=C/12. The van der Waals surface area contributed by atoms with E-state index in [1.54, 1.807) is 0 Å². The average Bonchev–Trinajstić information content (AvgIpc) is 2.91. The van der Waals surface area contributed by atoms with Crippen LogP contribution in [0.15, 0.2) is 77.9 Å². The van der Waals surface area contributed by atoms with E-state index in [9.17, 15) is 4.79 Å². The lowest BCUT2D eigenvalue weighted by Gasteiger charge is -2.19. The molecular weight excluding hydrogens is 296 g/mol. The topological polar surface area (TPSA) is 32.3 Å². The van der Waals surface area contributed by atoms with Crippen molar-refractivity contribution in [1.82, 2.24) is 10.2 Å². The highest BCUT2D eigenvalue weighted by molar-refractivity contribution is 5.99. The number of nitrogens with one attached hydrogen (secondary N) is 1. The Kier molecular flexibility index (Phi) is 4.18. The normalized spacial score (nSPS) is 33.4. The monoisotopic (exact) mass is 318 g/mol. The van der Waals surface area contributed by atoms with Crippen molar-refractivity contribution in [2.45, 2.75) is 6.54 Å². The number of nitrogens with zero attached hydrogens (tertiary/aromatic N) is 1. The molecule has 2 heterocycles. The molecule has 1 aromatic carbocycles. The highest BCUT2D eigenvalue weighted by Gasteiger charge is 2.39. The van der Waals surface area contributed by atoms with E-state index in [2.05, 4.69) is 46.6 Å². The molecule has 2 saturated heterocycles. The Balaban J connectivity index is 1.59. The van der Waals surface area contributed by atoms with Crippen molar-refractivity contribution in [1.29, 1.82) is 0 Å². The molecule has 3 aliphatic rings. The van der Waals surface area contributed by atoms with Crippen LogP contribution >= 0.6 is 0 Å². The van der Waals surface area contributed by atoms with E-state index in [-0.39, 0.29) is 5.91 Å². The Hall–Kier alpha value is -2.39. The summed E-state index contributed by atoms with van der Waals surface area (Å²) in [6.07, 6.45) is 12.1. The van der Waals surface area contributed by atoms with E-state index < -0.39 is 0 Å². The molecule has 1 amide bonds. The number of benzene rings is 1. The summed E-state index contributed by atoms with van der Waals surface area (Å²) in [6.45, 7) is 3.78. The summed E-state index contributed by atoms with van der Waals surface area (Å²) in [6, 6.07) is 10.6. The van der Waals surface area contributed by atoms with Crippen LogP contribution in [-0.4, -0.2) is 30.4 Å². The summed E-state index contributed by atoms with van der Waals surface area (Å²) in [5.41, 5.74) is 3.36. The molecule has 0 bridgehead atoms. The highest BCUT2D eigenvalue weighted by atomic mass is 16.1. The molecule has 0 spiro atoms. The van der Waals surface area contributed by atoms with Crippen molar-refractivity contribution in [2.24, 2.45) is 11.8 Å². The van der Waals surface area contributed by atoms with E-state index in [0.717, 1.165) is 31.8 Å². The second-order valence-electron chi connectivity index (χ2n) is 6.73. The second-order valence-corrected chi connectivity index (χ2v) is 6.73. The number of carbonyl (C=O) groups excluding carboxylic acids is 1. The molecule has 0 radical (unpaired) electrons. The fraction of sp³-hybridized carbons (Fsp3) is 0.286. The maximum Gasteiger partial charge on any atom is 0.251 e. The number of allylic oxidation sites excluding steroid dienone is 6. The van der Waals surface area contributed by atoms with Gasteiger partial charge in [0.25, 0.3) is 5.91 Å². The molecule has 2 unspecified atom stereocenters. The van der Waals surface area contributed by atoms with E-state index in [1.165, 1.54) is 11.1 Å². The molecule has 0 saturated carbocycles. The lowest BCUT2D eigenvalue weighted by molar-refractivity contribution is -0.117. The molecule has 2 fully saturated rings. The van der Waals surface area contributed by atoms with Crippen LogP contribution in [0.1, 0.15) is 5.56 Å². The first kappa shape index (κ1) is 15.2. The van der Waals surface area contributed by atoms with Gasteiger partial charge >= 0.3 is 0 Å². The van der Waals surface area contributed by atoms with Gasteiger partial charge in [-0.3, -0.25) is 9.69 Å². The molecule has 2 atom stereocenters. The van der Waals surface area contributed by atoms with E-state index >= 15 is 0 Å². The molecule has 122 valence electrons. The third-order valence-corrected chi connectivity index (χ3v) is 5.12. The van der Waals surface area contributed by atoms with Crippen LogP contribution in [-0.2, 0) is 11.3 Å². The van der Waals surface area contributed by atoms with Gasteiger partial charge in [-0.15, -0.1) is 0 Å². The number of fused-ring (bicyclic) bond motifs is 3. The van der Waals surface area contributed by atoms with Crippen LogP contribution in [0.2, 0.25) is 0 Å². The molecule has 0 aromatic heterocycles. The van der Waals surface area contributed by atoms with Gasteiger partial charge in [0.2, 0.25) is 0 Å². The van der Waals surface area contributed by atoms with Gasteiger partial charge in [-0.1, -0.05) is 60.7 Å². The van der Waals surface area contributed by atoms with Gasteiger partial charge < -0.3 is 5.32 Å². The van der Waals surface area contributed by atoms with Gasteiger partial charge in [0.05, 0.1) is 0 Å². The molecule has 3 heteroatoms. The van der Waals surface area contributed by atoms with E-state index in [4.69, 9.17) is 0 Å².